The SMILES string of the molecule is CC(=O)Nc1ccc(/C=C/C(=O)Nc2ccc(C)c(NS(=O)(=O)c3ccccc3)c2)cc1. The van der Waals surface area contributed by atoms with E-state index in [1.165, 1.54) is 25.1 Å². The molecule has 0 saturated carbocycles. The maximum atomic E-state index is 12.6. The van der Waals surface area contributed by atoms with Crippen LogP contribution in [-0.4, -0.2) is 20.2 Å². The van der Waals surface area contributed by atoms with Crippen molar-refractivity contribution in [3.8, 4) is 0 Å². The fraction of sp³-hybridized carbons (Fsp3) is 0.0833. The van der Waals surface area contributed by atoms with Gasteiger partial charge >= 0.3 is 0 Å². The molecule has 0 bridgehead atoms. The van der Waals surface area contributed by atoms with Gasteiger partial charge in [-0.2, -0.15) is 0 Å². The highest BCUT2D eigenvalue weighted by molar-refractivity contribution is 7.92. The van der Waals surface area contributed by atoms with Gasteiger partial charge in [0.15, 0.2) is 0 Å². The molecule has 7 nitrogen and oxygen atoms in total. The summed E-state index contributed by atoms with van der Waals surface area (Å²) in [6, 6.07) is 20.1. The molecule has 2 amide bonds. The minimum absolute atomic E-state index is 0.154. The van der Waals surface area contributed by atoms with Crippen molar-refractivity contribution in [1.29, 1.82) is 0 Å². The summed E-state index contributed by atoms with van der Waals surface area (Å²) in [5, 5.41) is 5.40. The topological polar surface area (TPSA) is 104 Å². The lowest BCUT2D eigenvalue weighted by molar-refractivity contribution is -0.114. The van der Waals surface area contributed by atoms with Gasteiger partial charge in [-0.3, -0.25) is 14.3 Å². The van der Waals surface area contributed by atoms with Gasteiger partial charge < -0.3 is 10.6 Å². The normalized spacial score (nSPS) is 11.2. The second-order valence-corrected chi connectivity index (χ2v) is 8.76. The maximum Gasteiger partial charge on any atom is 0.261 e. The number of aryl methyl sites for hydroxylation is 1. The van der Waals surface area contributed by atoms with Crippen LogP contribution in [0.4, 0.5) is 17.1 Å². The molecule has 0 spiro atoms. The number of carbonyl (C=O) groups is 2. The molecule has 3 aromatic rings. The smallest absolute Gasteiger partial charge is 0.261 e. The number of carbonyl (C=O) groups excluding carboxylic acids is 2. The summed E-state index contributed by atoms with van der Waals surface area (Å²) < 4.78 is 27.8. The van der Waals surface area contributed by atoms with Crippen molar-refractivity contribution in [1.82, 2.24) is 0 Å². The summed E-state index contributed by atoms with van der Waals surface area (Å²) in [6.07, 6.45) is 3.02. The van der Waals surface area contributed by atoms with E-state index in [0.717, 1.165) is 11.1 Å². The van der Waals surface area contributed by atoms with Crippen molar-refractivity contribution in [3.05, 3.63) is 90.0 Å². The standard InChI is InChI=1S/C24H23N3O4S/c1-17-8-12-21(16-23(17)27-32(30,31)22-6-4-3-5-7-22)26-24(29)15-11-19-9-13-20(14-10-19)25-18(2)28/h3-16,27H,1-2H3,(H,25,28)(H,26,29)/b15-11+. The molecule has 0 aliphatic rings. The van der Waals surface area contributed by atoms with Crippen LogP contribution >= 0.6 is 0 Å². The number of sulfonamides is 1. The zero-order valence-corrected chi connectivity index (χ0v) is 18.4. The predicted octanol–water partition coefficient (Wildman–Crippen LogP) is 4.41. The van der Waals surface area contributed by atoms with Crippen LogP contribution in [0.1, 0.15) is 18.1 Å². The fourth-order valence-corrected chi connectivity index (χ4v) is 3.99. The number of hydrogen-bond acceptors (Lipinski definition) is 4. The molecule has 0 heterocycles. The van der Waals surface area contributed by atoms with Crippen LogP contribution in [0.2, 0.25) is 0 Å². The largest absolute Gasteiger partial charge is 0.326 e. The van der Waals surface area contributed by atoms with Gasteiger partial charge in [-0.25, -0.2) is 8.42 Å². The zero-order valence-electron chi connectivity index (χ0n) is 17.6. The predicted molar refractivity (Wildman–Crippen MR) is 127 cm³/mol. The monoisotopic (exact) mass is 449 g/mol. The van der Waals surface area contributed by atoms with Crippen molar-refractivity contribution in [2.24, 2.45) is 0 Å². The average Bonchev–Trinajstić information content (AvgIpc) is 2.76. The molecular formula is C24H23N3O4S. The third kappa shape index (κ3) is 6.29. The summed E-state index contributed by atoms with van der Waals surface area (Å²) >= 11 is 0. The minimum atomic E-state index is -3.74. The molecule has 0 radical (unpaired) electrons. The van der Waals surface area contributed by atoms with E-state index in [2.05, 4.69) is 15.4 Å². The Bertz CT molecular complexity index is 1250. The van der Waals surface area contributed by atoms with Crippen LogP contribution in [0.5, 0.6) is 0 Å². The summed E-state index contributed by atoms with van der Waals surface area (Å²) in [5.74, 6) is -0.521. The molecule has 0 saturated heterocycles. The van der Waals surface area contributed by atoms with Crippen LogP contribution in [0.15, 0.2) is 83.8 Å². The summed E-state index contributed by atoms with van der Waals surface area (Å²) in [6.45, 7) is 3.21. The molecule has 0 aliphatic heterocycles. The lowest BCUT2D eigenvalue weighted by atomic mass is 10.1. The quantitative estimate of drug-likeness (QED) is 0.465. The molecule has 0 unspecified atom stereocenters. The van der Waals surface area contributed by atoms with Gasteiger partial charge in [0.05, 0.1) is 10.6 Å². The molecule has 0 aliphatic carbocycles. The molecule has 3 aromatic carbocycles. The molecular weight excluding hydrogens is 426 g/mol. The molecule has 3 rings (SSSR count). The zero-order chi connectivity index (χ0) is 23.1. The van der Waals surface area contributed by atoms with E-state index in [1.807, 2.05) is 0 Å². The van der Waals surface area contributed by atoms with Crippen LogP contribution in [0.25, 0.3) is 6.08 Å². The lowest BCUT2D eigenvalue weighted by Crippen LogP contribution is -2.14. The van der Waals surface area contributed by atoms with Crippen molar-refractivity contribution in [2.75, 3.05) is 15.4 Å². The third-order valence-electron chi connectivity index (χ3n) is 4.46. The summed E-state index contributed by atoms with van der Waals surface area (Å²) in [7, 11) is -3.74. The van der Waals surface area contributed by atoms with Gasteiger partial charge in [-0.15, -0.1) is 0 Å². The van der Waals surface area contributed by atoms with Crippen molar-refractivity contribution >= 4 is 45.0 Å². The van der Waals surface area contributed by atoms with Gasteiger partial charge in [-0.1, -0.05) is 36.4 Å². The minimum Gasteiger partial charge on any atom is -0.326 e. The van der Waals surface area contributed by atoms with Crippen LogP contribution in [0.3, 0.4) is 0 Å². The van der Waals surface area contributed by atoms with E-state index < -0.39 is 10.0 Å². The molecule has 32 heavy (non-hydrogen) atoms. The molecule has 3 N–H and O–H groups in total. The summed E-state index contributed by atoms with van der Waals surface area (Å²) in [4.78, 5) is 23.5. The van der Waals surface area contributed by atoms with E-state index in [4.69, 9.17) is 0 Å². The van der Waals surface area contributed by atoms with Gasteiger partial charge in [0.25, 0.3) is 10.0 Å². The molecule has 8 heteroatoms. The Labute approximate surface area is 187 Å². The molecule has 164 valence electrons. The third-order valence-corrected chi connectivity index (χ3v) is 5.84. The lowest BCUT2D eigenvalue weighted by Gasteiger charge is -2.12. The first-order valence-electron chi connectivity index (χ1n) is 9.78. The number of benzene rings is 3. The Morgan fingerprint density at radius 3 is 2.16 bits per heavy atom. The van der Waals surface area contributed by atoms with E-state index in [-0.39, 0.29) is 16.7 Å². The molecule has 0 atom stereocenters. The van der Waals surface area contributed by atoms with Crippen LogP contribution in [-0.2, 0) is 19.6 Å². The van der Waals surface area contributed by atoms with Gasteiger partial charge in [-0.05, 0) is 60.5 Å². The highest BCUT2D eigenvalue weighted by Gasteiger charge is 2.15. The second-order valence-electron chi connectivity index (χ2n) is 7.07. The number of nitrogens with one attached hydrogen (secondary N) is 3. The Hall–Kier alpha value is -3.91. The van der Waals surface area contributed by atoms with E-state index >= 15 is 0 Å². The van der Waals surface area contributed by atoms with Crippen LogP contribution < -0.4 is 15.4 Å². The number of rotatable bonds is 7. The first-order chi connectivity index (χ1) is 15.2. The van der Waals surface area contributed by atoms with Crippen molar-refractivity contribution in [2.45, 2.75) is 18.7 Å². The Morgan fingerprint density at radius 1 is 0.844 bits per heavy atom. The van der Waals surface area contributed by atoms with E-state index in [0.29, 0.717) is 17.1 Å². The second kappa shape index (κ2) is 9.93. The number of hydrogen-bond donors (Lipinski definition) is 3. The van der Waals surface area contributed by atoms with E-state index in [1.54, 1.807) is 73.7 Å². The Morgan fingerprint density at radius 2 is 1.50 bits per heavy atom. The Balaban J connectivity index is 1.68. The van der Waals surface area contributed by atoms with Crippen LogP contribution in [0, 0.1) is 6.92 Å². The maximum absolute atomic E-state index is 12.6. The average molecular weight is 450 g/mol. The summed E-state index contributed by atoms with van der Waals surface area (Å²) in [5.41, 5.74) is 3.01. The first-order valence-corrected chi connectivity index (χ1v) is 11.3. The number of anilines is 3. The highest BCUT2D eigenvalue weighted by Crippen LogP contribution is 2.23. The highest BCUT2D eigenvalue weighted by atomic mass is 32.2. The van der Waals surface area contributed by atoms with Gasteiger partial charge in [0.1, 0.15) is 0 Å². The molecule has 0 aromatic heterocycles. The molecule has 0 fully saturated rings. The Kier molecular flexibility index (Phi) is 7.07. The number of amides is 2. The van der Waals surface area contributed by atoms with E-state index in [9.17, 15) is 18.0 Å². The fourth-order valence-electron chi connectivity index (χ4n) is 2.85. The van der Waals surface area contributed by atoms with Crippen molar-refractivity contribution < 1.29 is 18.0 Å². The van der Waals surface area contributed by atoms with Crippen molar-refractivity contribution in [3.63, 3.8) is 0 Å². The van der Waals surface area contributed by atoms with Gasteiger partial charge in [0.2, 0.25) is 11.8 Å². The van der Waals surface area contributed by atoms with Gasteiger partial charge in [0, 0.05) is 24.4 Å². The first kappa shape index (κ1) is 22.8.